The maximum absolute atomic E-state index is 13.0. The molecule has 0 amide bonds. The molecule has 94 valence electrons. The molecule has 1 heterocycles. The van der Waals surface area contributed by atoms with Gasteiger partial charge in [0.2, 0.25) is 9.67 Å². The lowest BCUT2D eigenvalue weighted by Crippen LogP contribution is -2.03. The molecule has 0 aliphatic rings. The van der Waals surface area contributed by atoms with Crippen molar-refractivity contribution < 1.29 is 9.13 Å². The Hall–Kier alpha value is -1.03. The Kier molecular flexibility index (Phi) is 3.95. The third-order valence-electron chi connectivity index (χ3n) is 2.03. The molecule has 1 aromatic heterocycles. The van der Waals surface area contributed by atoms with E-state index in [1.807, 2.05) is 0 Å². The number of nitrogens with zero attached hydrogens (tertiary/aromatic N) is 1. The van der Waals surface area contributed by atoms with Gasteiger partial charge in [0, 0.05) is 12.1 Å². The minimum absolute atomic E-state index is 0.226. The predicted octanol–water partition coefficient (Wildman–Crippen LogP) is 4.84. The maximum atomic E-state index is 13.0. The summed E-state index contributed by atoms with van der Waals surface area (Å²) >= 11 is 17.1. The van der Waals surface area contributed by atoms with Gasteiger partial charge in [-0.05, 0) is 18.2 Å². The summed E-state index contributed by atoms with van der Waals surface area (Å²) in [6, 6.07) is 10.5. The fraction of sp³-hybridized carbons (Fsp3) is 0.0833. The van der Waals surface area contributed by atoms with Gasteiger partial charge in [-0.1, -0.05) is 46.9 Å². The van der Waals surface area contributed by atoms with E-state index in [-0.39, 0.29) is 11.6 Å². The van der Waals surface area contributed by atoms with Crippen LogP contribution in [0.3, 0.4) is 0 Å². The van der Waals surface area contributed by atoms with Gasteiger partial charge < -0.3 is 4.74 Å². The van der Waals surface area contributed by atoms with Crippen LogP contribution in [0.4, 0.5) is 4.39 Å². The lowest BCUT2D eigenvalue weighted by Gasteiger charge is -2.11. The van der Waals surface area contributed by atoms with E-state index >= 15 is 0 Å². The van der Waals surface area contributed by atoms with E-state index in [1.54, 1.807) is 24.3 Å². The minimum atomic E-state index is -1.62. The molecule has 0 aliphatic carbocycles. The molecule has 2 nitrogen and oxygen atoms in total. The number of alkyl halides is 3. The molecule has 0 fully saturated rings. The van der Waals surface area contributed by atoms with Gasteiger partial charge in [-0.25, -0.2) is 9.37 Å². The molecule has 1 aromatic carbocycles. The molecule has 2 aromatic rings. The number of aromatic nitrogens is 1. The molecule has 0 spiro atoms. The third kappa shape index (κ3) is 3.48. The van der Waals surface area contributed by atoms with E-state index < -0.39 is 9.61 Å². The van der Waals surface area contributed by atoms with Gasteiger partial charge in [0.25, 0.3) is 0 Å². The molecule has 0 aliphatic heterocycles. The number of halogens is 4. The van der Waals surface area contributed by atoms with Crippen LogP contribution in [0.2, 0.25) is 0 Å². The summed E-state index contributed by atoms with van der Waals surface area (Å²) in [5, 5.41) is 0. The zero-order valence-corrected chi connectivity index (χ0v) is 11.2. The molecule has 0 bridgehead atoms. The average Bonchev–Trinajstić information content (AvgIpc) is 2.28. The monoisotopic (exact) mass is 305 g/mol. The second kappa shape index (κ2) is 5.31. The molecule has 0 saturated carbocycles. The fourth-order valence-electron chi connectivity index (χ4n) is 1.28. The van der Waals surface area contributed by atoms with E-state index in [9.17, 15) is 4.39 Å². The van der Waals surface area contributed by atoms with Crippen LogP contribution in [-0.4, -0.2) is 4.98 Å². The standard InChI is InChI=1S/C12H7Cl3FNO/c13-12(14,15)10-5-2-6-11(17-10)18-9-4-1-3-8(16)7-9/h1-7H. The van der Waals surface area contributed by atoms with Gasteiger partial charge in [0.05, 0.1) is 5.69 Å². The Morgan fingerprint density at radius 3 is 2.44 bits per heavy atom. The van der Waals surface area contributed by atoms with Crippen LogP contribution in [0.15, 0.2) is 42.5 Å². The molecule has 0 atom stereocenters. The van der Waals surface area contributed by atoms with Crippen LogP contribution >= 0.6 is 34.8 Å². The normalized spacial score (nSPS) is 11.3. The zero-order chi connectivity index (χ0) is 13.2. The summed E-state index contributed by atoms with van der Waals surface area (Å²) in [5.41, 5.74) is 0.237. The van der Waals surface area contributed by atoms with E-state index in [2.05, 4.69) is 4.98 Å². The Morgan fingerprint density at radius 2 is 1.78 bits per heavy atom. The van der Waals surface area contributed by atoms with Gasteiger partial charge in [-0.3, -0.25) is 0 Å². The highest BCUT2D eigenvalue weighted by molar-refractivity contribution is 6.66. The number of hydrogen-bond donors (Lipinski definition) is 0. The van der Waals surface area contributed by atoms with E-state index in [0.29, 0.717) is 5.75 Å². The Bertz CT molecular complexity index is 557. The first-order valence-electron chi connectivity index (χ1n) is 4.93. The molecule has 0 N–H and O–H groups in total. The number of benzene rings is 1. The van der Waals surface area contributed by atoms with Crippen LogP contribution in [0.25, 0.3) is 0 Å². The summed E-state index contributed by atoms with van der Waals surface area (Å²) in [6.45, 7) is 0. The van der Waals surface area contributed by atoms with E-state index in [1.165, 1.54) is 18.2 Å². The maximum Gasteiger partial charge on any atom is 0.232 e. The summed E-state index contributed by atoms with van der Waals surface area (Å²) in [4.78, 5) is 4.03. The molecule has 18 heavy (non-hydrogen) atoms. The van der Waals surface area contributed by atoms with Crippen LogP contribution in [0, 0.1) is 5.82 Å². The first kappa shape index (κ1) is 13.4. The van der Waals surface area contributed by atoms with Gasteiger partial charge in [0.15, 0.2) is 0 Å². The molecule has 0 saturated heterocycles. The van der Waals surface area contributed by atoms with Crippen molar-refractivity contribution in [3.05, 3.63) is 54.0 Å². The van der Waals surface area contributed by atoms with Crippen molar-refractivity contribution in [2.45, 2.75) is 3.79 Å². The van der Waals surface area contributed by atoms with Crippen molar-refractivity contribution in [1.82, 2.24) is 4.98 Å². The van der Waals surface area contributed by atoms with Crippen molar-refractivity contribution in [2.75, 3.05) is 0 Å². The largest absolute Gasteiger partial charge is 0.439 e. The minimum Gasteiger partial charge on any atom is -0.439 e. The second-order valence-electron chi connectivity index (χ2n) is 3.42. The van der Waals surface area contributed by atoms with Crippen molar-refractivity contribution in [3.8, 4) is 11.6 Å². The lowest BCUT2D eigenvalue weighted by molar-refractivity contribution is 0.456. The first-order chi connectivity index (χ1) is 8.45. The summed E-state index contributed by atoms with van der Waals surface area (Å²) in [5.74, 6) is 0.151. The topological polar surface area (TPSA) is 22.1 Å². The quantitative estimate of drug-likeness (QED) is 0.741. The Balaban J connectivity index is 2.25. The average molecular weight is 307 g/mol. The summed E-state index contributed by atoms with van der Waals surface area (Å²) in [6.07, 6.45) is 0. The molecular formula is C12H7Cl3FNO. The number of hydrogen-bond acceptors (Lipinski definition) is 2. The van der Waals surface area contributed by atoms with Crippen molar-refractivity contribution in [3.63, 3.8) is 0 Å². The molecular weight excluding hydrogens is 299 g/mol. The van der Waals surface area contributed by atoms with Gasteiger partial charge in [-0.2, -0.15) is 0 Å². The van der Waals surface area contributed by atoms with Crippen molar-refractivity contribution >= 4 is 34.8 Å². The number of rotatable bonds is 2. The van der Waals surface area contributed by atoms with Crippen LogP contribution in [0.5, 0.6) is 11.6 Å². The second-order valence-corrected chi connectivity index (χ2v) is 5.70. The van der Waals surface area contributed by atoms with Crippen LogP contribution in [-0.2, 0) is 3.79 Å². The van der Waals surface area contributed by atoms with Gasteiger partial charge >= 0.3 is 0 Å². The summed E-state index contributed by atoms with van der Waals surface area (Å²) in [7, 11) is 0. The molecule has 0 radical (unpaired) electrons. The number of pyridine rings is 1. The van der Waals surface area contributed by atoms with Gasteiger partial charge in [0.1, 0.15) is 11.6 Å². The van der Waals surface area contributed by atoms with Crippen LogP contribution in [0.1, 0.15) is 5.69 Å². The van der Waals surface area contributed by atoms with E-state index in [0.717, 1.165) is 0 Å². The summed E-state index contributed by atoms with van der Waals surface area (Å²) < 4.78 is 16.7. The van der Waals surface area contributed by atoms with Gasteiger partial charge in [-0.15, -0.1) is 0 Å². The lowest BCUT2D eigenvalue weighted by atomic mass is 10.3. The van der Waals surface area contributed by atoms with Crippen LogP contribution < -0.4 is 4.74 Å². The van der Waals surface area contributed by atoms with Crippen molar-refractivity contribution in [1.29, 1.82) is 0 Å². The third-order valence-corrected chi connectivity index (χ3v) is 2.61. The highest BCUT2D eigenvalue weighted by Gasteiger charge is 2.24. The highest BCUT2D eigenvalue weighted by atomic mass is 35.6. The molecule has 6 heteroatoms. The predicted molar refractivity (Wildman–Crippen MR) is 69.9 cm³/mol. The highest BCUT2D eigenvalue weighted by Crippen LogP contribution is 2.37. The zero-order valence-electron chi connectivity index (χ0n) is 8.91. The number of ether oxygens (including phenoxy) is 1. The smallest absolute Gasteiger partial charge is 0.232 e. The molecule has 0 unspecified atom stereocenters. The van der Waals surface area contributed by atoms with Crippen molar-refractivity contribution in [2.24, 2.45) is 0 Å². The first-order valence-corrected chi connectivity index (χ1v) is 6.06. The molecule has 2 rings (SSSR count). The fourth-order valence-corrected chi connectivity index (χ4v) is 1.60. The Morgan fingerprint density at radius 1 is 1.06 bits per heavy atom. The SMILES string of the molecule is Fc1cccc(Oc2cccc(C(Cl)(Cl)Cl)n2)c1. The Labute approximate surface area is 118 Å². The van der Waals surface area contributed by atoms with E-state index in [4.69, 9.17) is 39.5 Å².